The molecular formula is C16H22N2O4. The van der Waals surface area contributed by atoms with Gasteiger partial charge in [0.2, 0.25) is 11.8 Å². The van der Waals surface area contributed by atoms with Gasteiger partial charge in [0, 0.05) is 45.2 Å². The molecule has 1 atom stereocenters. The van der Waals surface area contributed by atoms with Crippen LogP contribution in [-0.4, -0.2) is 56.5 Å². The zero-order valence-corrected chi connectivity index (χ0v) is 13.5. The van der Waals surface area contributed by atoms with Gasteiger partial charge >= 0.3 is 0 Å². The first-order valence-electron chi connectivity index (χ1n) is 7.16. The summed E-state index contributed by atoms with van der Waals surface area (Å²) < 4.78 is 10.5. The van der Waals surface area contributed by atoms with E-state index in [4.69, 9.17) is 9.47 Å². The normalized spacial score (nSPS) is 17.5. The van der Waals surface area contributed by atoms with Crippen molar-refractivity contribution in [3.8, 4) is 11.5 Å². The van der Waals surface area contributed by atoms with Gasteiger partial charge in [-0.1, -0.05) is 0 Å². The second kappa shape index (κ2) is 6.68. The van der Waals surface area contributed by atoms with E-state index in [0.717, 1.165) is 5.56 Å². The number of rotatable bonds is 5. The van der Waals surface area contributed by atoms with Crippen molar-refractivity contribution in [2.75, 3.05) is 34.9 Å². The summed E-state index contributed by atoms with van der Waals surface area (Å²) in [4.78, 5) is 27.2. The zero-order valence-electron chi connectivity index (χ0n) is 13.5. The van der Waals surface area contributed by atoms with Gasteiger partial charge in [-0.05, 0) is 12.1 Å². The highest BCUT2D eigenvalue weighted by molar-refractivity contribution is 5.89. The van der Waals surface area contributed by atoms with Crippen LogP contribution in [0.2, 0.25) is 0 Å². The van der Waals surface area contributed by atoms with Gasteiger partial charge in [-0.3, -0.25) is 9.59 Å². The van der Waals surface area contributed by atoms with Gasteiger partial charge in [-0.25, -0.2) is 0 Å². The van der Waals surface area contributed by atoms with Crippen molar-refractivity contribution in [2.45, 2.75) is 13.0 Å². The molecule has 120 valence electrons. The van der Waals surface area contributed by atoms with Gasteiger partial charge < -0.3 is 19.3 Å². The van der Waals surface area contributed by atoms with Crippen LogP contribution in [0.1, 0.15) is 12.0 Å². The van der Waals surface area contributed by atoms with Crippen molar-refractivity contribution in [3.05, 3.63) is 23.8 Å². The first-order chi connectivity index (χ1) is 10.5. The largest absolute Gasteiger partial charge is 0.497 e. The highest BCUT2D eigenvalue weighted by Gasteiger charge is 2.33. The molecule has 0 spiro atoms. The van der Waals surface area contributed by atoms with Crippen LogP contribution in [0.25, 0.3) is 0 Å². The molecule has 22 heavy (non-hydrogen) atoms. The number of ether oxygens (including phenoxy) is 2. The van der Waals surface area contributed by atoms with E-state index in [1.807, 2.05) is 12.1 Å². The Balaban J connectivity index is 2.07. The first-order valence-corrected chi connectivity index (χ1v) is 7.16. The fourth-order valence-corrected chi connectivity index (χ4v) is 2.66. The lowest BCUT2D eigenvalue weighted by molar-refractivity contribution is -0.135. The average Bonchev–Trinajstić information content (AvgIpc) is 2.86. The van der Waals surface area contributed by atoms with Crippen molar-refractivity contribution < 1.29 is 19.1 Å². The Morgan fingerprint density at radius 1 is 1.36 bits per heavy atom. The van der Waals surface area contributed by atoms with Crippen LogP contribution in [0.3, 0.4) is 0 Å². The Morgan fingerprint density at radius 2 is 2.09 bits per heavy atom. The summed E-state index contributed by atoms with van der Waals surface area (Å²) >= 11 is 0. The Morgan fingerprint density at radius 3 is 2.64 bits per heavy atom. The third-order valence-corrected chi connectivity index (χ3v) is 3.97. The van der Waals surface area contributed by atoms with Gasteiger partial charge in [0.25, 0.3) is 0 Å². The lowest BCUT2D eigenvalue weighted by Crippen LogP contribution is -2.33. The van der Waals surface area contributed by atoms with E-state index in [0.29, 0.717) is 31.0 Å². The van der Waals surface area contributed by atoms with Crippen LogP contribution < -0.4 is 9.47 Å². The molecule has 0 bridgehead atoms. The second-order valence-corrected chi connectivity index (χ2v) is 5.55. The molecule has 0 aromatic heterocycles. The molecule has 6 nitrogen and oxygen atoms in total. The number of benzene rings is 1. The number of carbonyl (C=O) groups is 2. The molecule has 1 fully saturated rings. The minimum Gasteiger partial charge on any atom is -0.497 e. The van der Waals surface area contributed by atoms with Crippen molar-refractivity contribution in [3.63, 3.8) is 0 Å². The van der Waals surface area contributed by atoms with Gasteiger partial charge in [-0.15, -0.1) is 0 Å². The molecular weight excluding hydrogens is 284 g/mol. The average molecular weight is 306 g/mol. The van der Waals surface area contributed by atoms with Crippen molar-refractivity contribution in [2.24, 2.45) is 5.92 Å². The molecule has 0 saturated carbocycles. The predicted molar refractivity (Wildman–Crippen MR) is 81.8 cm³/mol. The van der Waals surface area contributed by atoms with E-state index >= 15 is 0 Å². The number of nitrogens with zero attached hydrogens (tertiary/aromatic N) is 2. The quantitative estimate of drug-likeness (QED) is 0.818. The van der Waals surface area contributed by atoms with Crippen molar-refractivity contribution >= 4 is 11.8 Å². The number of hydrogen-bond donors (Lipinski definition) is 0. The molecule has 0 unspecified atom stereocenters. The van der Waals surface area contributed by atoms with Crippen LogP contribution >= 0.6 is 0 Å². The second-order valence-electron chi connectivity index (χ2n) is 5.55. The monoisotopic (exact) mass is 306 g/mol. The third kappa shape index (κ3) is 3.32. The Labute approximate surface area is 130 Å². The van der Waals surface area contributed by atoms with Gasteiger partial charge in [0.05, 0.1) is 20.1 Å². The van der Waals surface area contributed by atoms with E-state index in [1.54, 1.807) is 44.2 Å². The Hall–Kier alpha value is -2.24. The summed E-state index contributed by atoms with van der Waals surface area (Å²) in [6.45, 7) is 0.919. The number of methoxy groups -OCH3 is 2. The molecule has 2 rings (SSSR count). The maximum absolute atomic E-state index is 12.4. The Kier molecular flexibility index (Phi) is 4.90. The predicted octanol–water partition coefficient (Wildman–Crippen LogP) is 1.14. The van der Waals surface area contributed by atoms with Crippen LogP contribution in [-0.2, 0) is 16.1 Å². The molecule has 1 saturated heterocycles. The SMILES string of the molecule is COc1ccc(CN(C)C(=O)[C@@H]2CC(=O)N(C)C2)c(OC)c1. The molecule has 2 amide bonds. The summed E-state index contributed by atoms with van der Waals surface area (Å²) in [6.07, 6.45) is 0.291. The lowest BCUT2D eigenvalue weighted by Gasteiger charge is -2.22. The number of hydrogen-bond acceptors (Lipinski definition) is 4. The molecule has 1 aliphatic rings. The summed E-state index contributed by atoms with van der Waals surface area (Å²) in [5.41, 5.74) is 0.900. The maximum Gasteiger partial charge on any atom is 0.228 e. The fraction of sp³-hybridized carbons (Fsp3) is 0.500. The molecule has 1 aliphatic heterocycles. The summed E-state index contributed by atoms with van der Waals surface area (Å²) in [5.74, 6) is 1.13. The highest BCUT2D eigenvalue weighted by Crippen LogP contribution is 2.26. The lowest BCUT2D eigenvalue weighted by atomic mass is 10.1. The van der Waals surface area contributed by atoms with E-state index in [9.17, 15) is 9.59 Å². The molecule has 1 heterocycles. The van der Waals surface area contributed by atoms with E-state index in [1.165, 1.54) is 0 Å². The molecule has 1 aromatic rings. The number of carbonyl (C=O) groups excluding carboxylic acids is 2. The van der Waals surface area contributed by atoms with Gasteiger partial charge in [0.1, 0.15) is 11.5 Å². The summed E-state index contributed by atoms with van der Waals surface area (Å²) in [7, 11) is 6.65. The molecule has 1 aromatic carbocycles. The third-order valence-electron chi connectivity index (χ3n) is 3.97. The summed E-state index contributed by atoms with van der Waals surface area (Å²) in [5, 5.41) is 0. The van der Waals surface area contributed by atoms with Crippen LogP contribution in [0.15, 0.2) is 18.2 Å². The van der Waals surface area contributed by atoms with Crippen LogP contribution in [0, 0.1) is 5.92 Å². The Bertz CT molecular complexity index is 573. The van der Waals surface area contributed by atoms with E-state index in [-0.39, 0.29) is 17.7 Å². The van der Waals surface area contributed by atoms with Gasteiger partial charge in [-0.2, -0.15) is 0 Å². The number of likely N-dealkylation sites (tertiary alicyclic amines) is 1. The minimum absolute atomic E-state index is 0.0180. The zero-order chi connectivity index (χ0) is 16.3. The van der Waals surface area contributed by atoms with E-state index in [2.05, 4.69) is 0 Å². The topological polar surface area (TPSA) is 59.1 Å². The smallest absolute Gasteiger partial charge is 0.228 e. The van der Waals surface area contributed by atoms with Crippen molar-refractivity contribution in [1.29, 1.82) is 0 Å². The van der Waals surface area contributed by atoms with Gasteiger partial charge in [0.15, 0.2) is 0 Å². The molecule has 6 heteroatoms. The minimum atomic E-state index is -0.258. The van der Waals surface area contributed by atoms with Crippen molar-refractivity contribution in [1.82, 2.24) is 9.80 Å². The highest BCUT2D eigenvalue weighted by atomic mass is 16.5. The number of amides is 2. The first kappa shape index (κ1) is 16.1. The fourth-order valence-electron chi connectivity index (χ4n) is 2.66. The summed E-state index contributed by atoms with van der Waals surface area (Å²) in [6, 6.07) is 5.51. The standard InChI is InChI=1S/C16H22N2O4/c1-17-10-12(7-15(17)19)16(20)18(2)9-11-5-6-13(21-3)8-14(11)22-4/h5-6,8,12H,7,9-10H2,1-4H3/t12-/m1/s1. The molecule has 0 aliphatic carbocycles. The molecule has 0 N–H and O–H groups in total. The maximum atomic E-state index is 12.4. The van der Waals surface area contributed by atoms with Crippen LogP contribution in [0.5, 0.6) is 11.5 Å². The molecule has 0 radical (unpaired) electrons. The van der Waals surface area contributed by atoms with Crippen LogP contribution in [0.4, 0.5) is 0 Å². The van der Waals surface area contributed by atoms with E-state index < -0.39 is 0 Å².